The molecule has 2 heterocycles. The molecule has 4 heteroatoms. The van der Waals surface area contributed by atoms with E-state index in [9.17, 15) is 4.79 Å². The van der Waals surface area contributed by atoms with Gasteiger partial charge in [0.15, 0.2) is 0 Å². The summed E-state index contributed by atoms with van der Waals surface area (Å²) >= 11 is 0. The average molecular weight is 180 g/mol. The van der Waals surface area contributed by atoms with Gasteiger partial charge in [-0.3, -0.25) is 9.48 Å². The van der Waals surface area contributed by atoms with Gasteiger partial charge < -0.3 is 4.74 Å². The molecule has 1 atom stereocenters. The summed E-state index contributed by atoms with van der Waals surface area (Å²) < 4.78 is 7.17. The second kappa shape index (κ2) is 3.30. The van der Waals surface area contributed by atoms with Gasteiger partial charge in [-0.2, -0.15) is 5.10 Å². The van der Waals surface area contributed by atoms with Gasteiger partial charge in [0.1, 0.15) is 11.9 Å². The van der Waals surface area contributed by atoms with Crippen molar-refractivity contribution in [2.45, 2.75) is 18.9 Å². The van der Waals surface area contributed by atoms with Crippen LogP contribution in [0.2, 0.25) is 0 Å². The van der Waals surface area contributed by atoms with Crippen LogP contribution in [0.4, 0.5) is 0 Å². The highest BCUT2D eigenvalue weighted by Gasteiger charge is 2.23. The van der Waals surface area contributed by atoms with Crippen LogP contribution in [0.3, 0.4) is 0 Å². The number of hydrogen-bond donors (Lipinski definition) is 0. The maximum Gasteiger partial charge on any atom is 0.138 e. The van der Waals surface area contributed by atoms with Crippen molar-refractivity contribution in [1.82, 2.24) is 9.78 Å². The minimum atomic E-state index is -0.123. The summed E-state index contributed by atoms with van der Waals surface area (Å²) in [6, 6.07) is 1.89. The molecule has 70 valence electrons. The summed E-state index contributed by atoms with van der Waals surface area (Å²) in [4.78, 5) is 11.1. The van der Waals surface area contributed by atoms with Gasteiger partial charge in [-0.25, -0.2) is 0 Å². The molecule has 0 amide bonds. The van der Waals surface area contributed by atoms with Crippen LogP contribution in [-0.2, 0) is 16.6 Å². The van der Waals surface area contributed by atoms with Gasteiger partial charge >= 0.3 is 0 Å². The van der Waals surface area contributed by atoms with E-state index in [1.165, 1.54) is 0 Å². The van der Waals surface area contributed by atoms with Crippen molar-refractivity contribution in [2.75, 3.05) is 6.61 Å². The fourth-order valence-corrected chi connectivity index (χ4v) is 1.48. The summed E-state index contributed by atoms with van der Waals surface area (Å²) in [6.07, 6.45) is 2.75. The molecule has 1 fully saturated rings. The van der Waals surface area contributed by atoms with Gasteiger partial charge in [0.25, 0.3) is 0 Å². The second-order valence-electron chi connectivity index (χ2n) is 3.27. The van der Waals surface area contributed by atoms with Crippen molar-refractivity contribution < 1.29 is 9.53 Å². The van der Waals surface area contributed by atoms with Crippen molar-refractivity contribution in [2.24, 2.45) is 7.05 Å². The molecule has 0 aromatic carbocycles. The van der Waals surface area contributed by atoms with E-state index < -0.39 is 0 Å². The Balaban J connectivity index is 2.12. The summed E-state index contributed by atoms with van der Waals surface area (Å²) in [7, 11) is 1.86. The summed E-state index contributed by atoms with van der Waals surface area (Å²) in [5, 5.41) is 4.21. The van der Waals surface area contributed by atoms with Crippen molar-refractivity contribution in [3.63, 3.8) is 0 Å². The number of rotatable bonds is 1. The number of aryl methyl sites for hydroxylation is 1. The maximum absolute atomic E-state index is 11.1. The van der Waals surface area contributed by atoms with Gasteiger partial charge in [-0.1, -0.05) is 0 Å². The molecule has 1 saturated heterocycles. The van der Waals surface area contributed by atoms with Crippen LogP contribution < -0.4 is 0 Å². The zero-order valence-corrected chi connectivity index (χ0v) is 7.56. The van der Waals surface area contributed by atoms with E-state index in [0.29, 0.717) is 19.4 Å². The van der Waals surface area contributed by atoms with E-state index in [-0.39, 0.29) is 11.9 Å². The van der Waals surface area contributed by atoms with Crippen LogP contribution in [0.25, 0.3) is 0 Å². The zero-order valence-electron chi connectivity index (χ0n) is 7.56. The molecule has 13 heavy (non-hydrogen) atoms. The Labute approximate surface area is 76.5 Å². The molecule has 1 unspecified atom stereocenters. The standard InChI is InChI=1S/C9H12N2O2/c1-11-4-2-8(10-11)9-6-7(12)3-5-13-9/h2,4,9H,3,5-6H2,1H3. The van der Waals surface area contributed by atoms with Crippen LogP contribution in [0, 0.1) is 0 Å². The number of hydrogen-bond acceptors (Lipinski definition) is 3. The number of nitrogens with zero attached hydrogens (tertiary/aromatic N) is 2. The monoisotopic (exact) mass is 180 g/mol. The maximum atomic E-state index is 11.1. The zero-order chi connectivity index (χ0) is 9.26. The lowest BCUT2D eigenvalue weighted by atomic mass is 10.1. The van der Waals surface area contributed by atoms with Crippen molar-refractivity contribution >= 4 is 5.78 Å². The lowest BCUT2D eigenvalue weighted by Gasteiger charge is -2.19. The fraction of sp³-hybridized carbons (Fsp3) is 0.556. The molecule has 4 nitrogen and oxygen atoms in total. The summed E-state index contributed by atoms with van der Waals surface area (Å²) in [5.74, 6) is 0.266. The predicted octanol–water partition coefficient (Wildman–Crippen LogP) is 0.841. The van der Waals surface area contributed by atoms with E-state index >= 15 is 0 Å². The first-order chi connectivity index (χ1) is 6.25. The van der Waals surface area contributed by atoms with Gasteiger partial charge in [0, 0.05) is 26.1 Å². The van der Waals surface area contributed by atoms with Crippen LogP contribution >= 0.6 is 0 Å². The quantitative estimate of drug-likeness (QED) is 0.643. The van der Waals surface area contributed by atoms with Crippen LogP contribution in [0.5, 0.6) is 0 Å². The van der Waals surface area contributed by atoms with Crippen LogP contribution in [0.15, 0.2) is 12.3 Å². The first-order valence-electron chi connectivity index (χ1n) is 4.38. The normalized spacial score (nSPS) is 23.5. The van der Waals surface area contributed by atoms with Gasteiger partial charge in [0.05, 0.1) is 12.3 Å². The van der Waals surface area contributed by atoms with E-state index in [1.54, 1.807) is 4.68 Å². The van der Waals surface area contributed by atoms with E-state index in [0.717, 1.165) is 5.69 Å². The fourth-order valence-electron chi connectivity index (χ4n) is 1.48. The third-order valence-corrected chi connectivity index (χ3v) is 2.18. The van der Waals surface area contributed by atoms with E-state index in [4.69, 9.17) is 4.74 Å². The predicted molar refractivity (Wildman–Crippen MR) is 46.1 cm³/mol. The Morgan fingerprint density at radius 1 is 1.69 bits per heavy atom. The minimum Gasteiger partial charge on any atom is -0.371 e. The van der Waals surface area contributed by atoms with Crippen molar-refractivity contribution in [1.29, 1.82) is 0 Å². The largest absolute Gasteiger partial charge is 0.371 e. The number of Topliss-reactive ketones (excluding diaryl/α,β-unsaturated/α-hetero) is 1. The lowest BCUT2D eigenvalue weighted by Crippen LogP contribution is -2.19. The highest BCUT2D eigenvalue weighted by molar-refractivity contribution is 5.79. The molecule has 1 aliphatic rings. The topological polar surface area (TPSA) is 44.1 Å². The number of ketones is 1. The van der Waals surface area contributed by atoms with E-state index in [1.807, 2.05) is 19.3 Å². The Bertz CT molecular complexity index is 319. The molecule has 0 N–H and O–H groups in total. The molecule has 1 aliphatic heterocycles. The lowest BCUT2D eigenvalue weighted by molar-refractivity contribution is -0.128. The third kappa shape index (κ3) is 1.78. The summed E-state index contributed by atoms with van der Waals surface area (Å²) in [5.41, 5.74) is 0.857. The molecule has 0 bridgehead atoms. The highest BCUT2D eigenvalue weighted by Crippen LogP contribution is 2.24. The number of aromatic nitrogens is 2. The minimum absolute atomic E-state index is 0.123. The Morgan fingerprint density at radius 3 is 3.15 bits per heavy atom. The van der Waals surface area contributed by atoms with Gasteiger partial charge in [-0.05, 0) is 6.07 Å². The number of carbonyl (C=O) groups excluding carboxylic acids is 1. The highest BCUT2D eigenvalue weighted by atomic mass is 16.5. The Hall–Kier alpha value is -1.16. The molecule has 0 spiro atoms. The number of ether oxygens (including phenoxy) is 1. The third-order valence-electron chi connectivity index (χ3n) is 2.18. The van der Waals surface area contributed by atoms with Crippen molar-refractivity contribution in [3.8, 4) is 0 Å². The summed E-state index contributed by atoms with van der Waals surface area (Å²) in [6.45, 7) is 0.528. The smallest absolute Gasteiger partial charge is 0.138 e. The first-order valence-corrected chi connectivity index (χ1v) is 4.38. The van der Waals surface area contributed by atoms with Crippen LogP contribution in [0.1, 0.15) is 24.6 Å². The van der Waals surface area contributed by atoms with Gasteiger partial charge in [-0.15, -0.1) is 0 Å². The molecule has 0 saturated carbocycles. The average Bonchev–Trinajstić information content (AvgIpc) is 2.52. The molecule has 0 radical (unpaired) electrons. The first kappa shape index (κ1) is 8.44. The Morgan fingerprint density at radius 2 is 2.54 bits per heavy atom. The van der Waals surface area contributed by atoms with Gasteiger partial charge in [0.2, 0.25) is 0 Å². The van der Waals surface area contributed by atoms with E-state index in [2.05, 4.69) is 5.10 Å². The molecule has 0 aliphatic carbocycles. The molecular weight excluding hydrogens is 168 g/mol. The molecule has 1 aromatic rings. The molecular formula is C9H12N2O2. The SMILES string of the molecule is Cn1ccc(C2CC(=O)CCO2)n1. The second-order valence-corrected chi connectivity index (χ2v) is 3.27. The van der Waals surface area contributed by atoms with Crippen LogP contribution in [-0.4, -0.2) is 22.2 Å². The molecule has 2 rings (SSSR count). The Kier molecular flexibility index (Phi) is 2.14. The number of carbonyl (C=O) groups is 1. The van der Waals surface area contributed by atoms with Crippen molar-refractivity contribution in [3.05, 3.63) is 18.0 Å². The molecule has 1 aromatic heterocycles.